The number of nitrogens with one attached hydrogen (secondary N) is 1. The quantitative estimate of drug-likeness (QED) is 0.812. The highest BCUT2D eigenvalue weighted by Crippen LogP contribution is 2.35. The number of aryl methyl sites for hydroxylation is 1. The lowest BCUT2D eigenvalue weighted by molar-refractivity contribution is -0.136. The number of thiophene rings is 1. The lowest BCUT2D eigenvalue weighted by Gasteiger charge is -2.30. The van der Waals surface area contributed by atoms with Crippen molar-refractivity contribution >= 4 is 17.2 Å². The minimum absolute atomic E-state index is 0.0252. The number of fused-ring (bicyclic) bond motifs is 1. The van der Waals surface area contributed by atoms with Crippen molar-refractivity contribution in [2.24, 2.45) is 5.92 Å². The van der Waals surface area contributed by atoms with Crippen LogP contribution in [0.3, 0.4) is 0 Å². The van der Waals surface area contributed by atoms with Crippen molar-refractivity contribution in [3.05, 3.63) is 49.3 Å². The van der Waals surface area contributed by atoms with Gasteiger partial charge in [-0.2, -0.15) is 0 Å². The van der Waals surface area contributed by atoms with Crippen LogP contribution in [0.2, 0.25) is 0 Å². The Morgan fingerprint density at radius 2 is 2.07 bits per heavy atom. The lowest BCUT2D eigenvalue weighted by Crippen LogP contribution is -2.39. The topological polar surface area (TPSA) is 69.3 Å². The third kappa shape index (κ3) is 3.73. The van der Waals surface area contributed by atoms with Crippen LogP contribution in [0, 0.1) is 12.8 Å². The number of amides is 1. The SMILES string of the molecule is Cc1ccsc1CN1CCc2nc([C@H]3CCCN3C(=O)C3CCCC3)[nH]c(=O)c2C1. The van der Waals surface area contributed by atoms with Gasteiger partial charge in [-0.05, 0) is 49.6 Å². The summed E-state index contributed by atoms with van der Waals surface area (Å²) in [6, 6.07) is 2.08. The predicted molar refractivity (Wildman–Crippen MR) is 117 cm³/mol. The molecule has 2 aromatic rings. The number of aromatic amines is 1. The van der Waals surface area contributed by atoms with Crippen LogP contribution in [-0.2, 0) is 24.3 Å². The van der Waals surface area contributed by atoms with Crippen LogP contribution >= 0.6 is 11.3 Å². The molecule has 3 aliphatic rings. The van der Waals surface area contributed by atoms with E-state index in [-0.39, 0.29) is 23.4 Å². The number of carbonyl (C=O) groups excluding carboxylic acids is 1. The zero-order chi connectivity index (χ0) is 20.7. The summed E-state index contributed by atoms with van der Waals surface area (Å²) in [6.07, 6.45) is 7.00. The first-order valence-electron chi connectivity index (χ1n) is 11.3. The van der Waals surface area contributed by atoms with E-state index in [4.69, 9.17) is 4.98 Å². The van der Waals surface area contributed by atoms with Gasteiger partial charge < -0.3 is 9.88 Å². The lowest BCUT2D eigenvalue weighted by atomic mass is 10.0. The smallest absolute Gasteiger partial charge is 0.255 e. The second-order valence-electron chi connectivity index (χ2n) is 9.03. The summed E-state index contributed by atoms with van der Waals surface area (Å²) < 4.78 is 0. The number of aromatic nitrogens is 2. The van der Waals surface area contributed by atoms with Crippen molar-refractivity contribution in [1.29, 1.82) is 0 Å². The van der Waals surface area contributed by atoms with Gasteiger partial charge in [0, 0.05) is 43.4 Å². The summed E-state index contributed by atoms with van der Waals surface area (Å²) in [6.45, 7) is 5.37. The van der Waals surface area contributed by atoms with Crippen molar-refractivity contribution in [1.82, 2.24) is 19.8 Å². The Labute approximate surface area is 181 Å². The molecule has 160 valence electrons. The molecule has 0 bridgehead atoms. The number of H-pyrrole nitrogens is 1. The van der Waals surface area contributed by atoms with Gasteiger partial charge in [-0.15, -0.1) is 11.3 Å². The highest BCUT2D eigenvalue weighted by atomic mass is 32.1. The third-order valence-corrected chi connectivity index (χ3v) is 8.07. The molecule has 4 heterocycles. The van der Waals surface area contributed by atoms with Gasteiger partial charge in [0.05, 0.1) is 17.3 Å². The van der Waals surface area contributed by atoms with E-state index in [1.807, 2.05) is 4.90 Å². The van der Waals surface area contributed by atoms with E-state index in [0.717, 1.165) is 75.8 Å². The molecule has 1 saturated carbocycles. The van der Waals surface area contributed by atoms with Crippen LogP contribution in [0.25, 0.3) is 0 Å². The van der Waals surface area contributed by atoms with Crippen molar-refractivity contribution in [3.63, 3.8) is 0 Å². The number of likely N-dealkylation sites (tertiary alicyclic amines) is 1. The number of nitrogens with zero attached hydrogens (tertiary/aromatic N) is 3. The number of hydrogen-bond acceptors (Lipinski definition) is 5. The molecule has 30 heavy (non-hydrogen) atoms. The molecule has 1 aliphatic carbocycles. The van der Waals surface area contributed by atoms with Crippen LogP contribution in [-0.4, -0.2) is 38.8 Å². The molecule has 0 spiro atoms. The minimum atomic E-state index is -0.0668. The van der Waals surface area contributed by atoms with Gasteiger partial charge in [-0.3, -0.25) is 14.5 Å². The van der Waals surface area contributed by atoms with Gasteiger partial charge in [-0.1, -0.05) is 12.8 Å². The minimum Gasteiger partial charge on any atom is -0.332 e. The average molecular weight is 427 g/mol. The molecule has 0 unspecified atom stereocenters. The monoisotopic (exact) mass is 426 g/mol. The van der Waals surface area contributed by atoms with E-state index < -0.39 is 0 Å². The molecule has 2 aromatic heterocycles. The van der Waals surface area contributed by atoms with Crippen molar-refractivity contribution in [2.75, 3.05) is 13.1 Å². The fourth-order valence-electron chi connectivity index (χ4n) is 5.28. The first-order chi connectivity index (χ1) is 14.6. The Bertz CT molecular complexity index is 991. The highest BCUT2D eigenvalue weighted by molar-refractivity contribution is 7.10. The number of rotatable bonds is 4. The van der Waals surface area contributed by atoms with Crippen LogP contribution in [0.1, 0.15) is 72.1 Å². The summed E-state index contributed by atoms with van der Waals surface area (Å²) >= 11 is 1.78. The fourth-order valence-corrected chi connectivity index (χ4v) is 6.23. The molecule has 5 rings (SSSR count). The van der Waals surface area contributed by atoms with Crippen LogP contribution in [0.4, 0.5) is 0 Å². The first-order valence-corrected chi connectivity index (χ1v) is 12.2. The Kier molecular flexibility index (Phi) is 5.50. The maximum atomic E-state index is 13.0. The van der Waals surface area contributed by atoms with Gasteiger partial charge in [0.25, 0.3) is 5.56 Å². The van der Waals surface area contributed by atoms with Crippen LogP contribution in [0.15, 0.2) is 16.2 Å². The van der Waals surface area contributed by atoms with E-state index in [0.29, 0.717) is 12.4 Å². The van der Waals surface area contributed by atoms with Crippen LogP contribution in [0.5, 0.6) is 0 Å². The zero-order valence-corrected chi connectivity index (χ0v) is 18.5. The van der Waals surface area contributed by atoms with Gasteiger partial charge in [-0.25, -0.2) is 4.98 Å². The third-order valence-electron chi connectivity index (χ3n) is 7.06. The van der Waals surface area contributed by atoms with Gasteiger partial charge >= 0.3 is 0 Å². The van der Waals surface area contributed by atoms with E-state index in [1.165, 1.54) is 10.4 Å². The predicted octanol–water partition coefficient (Wildman–Crippen LogP) is 3.55. The molecule has 1 N–H and O–H groups in total. The van der Waals surface area contributed by atoms with Gasteiger partial charge in [0.15, 0.2) is 0 Å². The molecule has 0 radical (unpaired) electrons. The molecule has 2 aliphatic heterocycles. The van der Waals surface area contributed by atoms with Crippen molar-refractivity contribution in [2.45, 2.75) is 71.0 Å². The highest BCUT2D eigenvalue weighted by Gasteiger charge is 2.36. The van der Waals surface area contributed by atoms with Gasteiger partial charge in [0.2, 0.25) is 5.91 Å². The normalized spacial score (nSPS) is 22.6. The molecular weight excluding hydrogens is 396 g/mol. The van der Waals surface area contributed by atoms with E-state index in [2.05, 4.69) is 28.3 Å². The molecule has 0 aromatic carbocycles. The van der Waals surface area contributed by atoms with Crippen molar-refractivity contribution in [3.8, 4) is 0 Å². The summed E-state index contributed by atoms with van der Waals surface area (Å²) in [4.78, 5) is 39.6. The summed E-state index contributed by atoms with van der Waals surface area (Å²) in [7, 11) is 0. The Morgan fingerprint density at radius 3 is 2.83 bits per heavy atom. The number of carbonyl (C=O) groups is 1. The zero-order valence-electron chi connectivity index (χ0n) is 17.7. The number of hydrogen-bond donors (Lipinski definition) is 1. The van der Waals surface area contributed by atoms with Crippen molar-refractivity contribution < 1.29 is 4.79 Å². The van der Waals surface area contributed by atoms with E-state index >= 15 is 0 Å². The summed E-state index contributed by atoms with van der Waals surface area (Å²) in [5.74, 6) is 1.14. The maximum absolute atomic E-state index is 13.0. The second-order valence-corrected chi connectivity index (χ2v) is 10.0. The molecule has 7 heteroatoms. The maximum Gasteiger partial charge on any atom is 0.255 e. The second kappa shape index (κ2) is 8.27. The molecule has 1 saturated heterocycles. The van der Waals surface area contributed by atoms with E-state index in [1.54, 1.807) is 11.3 Å². The van der Waals surface area contributed by atoms with Gasteiger partial charge in [0.1, 0.15) is 5.82 Å². The van der Waals surface area contributed by atoms with E-state index in [9.17, 15) is 9.59 Å². The molecule has 1 amide bonds. The fraction of sp³-hybridized carbons (Fsp3) is 0.609. The molecule has 2 fully saturated rings. The summed E-state index contributed by atoms with van der Waals surface area (Å²) in [5, 5.41) is 2.13. The summed E-state index contributed by atoms with van der Waals surface area (Å²) in [5.41, 5.74) is 3.02. The molecule has 1 atom stereocenters. The molecular formula is C23H30N4O2S. The van der Waals surface area contributed by atoms with Crippen LogP contribution < -0.4 is 5.56 Å². The Hall–Kier alpha value is -1.99. The standard InChI is InChI=1S/C23H30N4O2S/c1-15-9-12-30-20(15)14-26-11-8-18-17(13-26)22(28)25-21(24-18)19-7-4-10-27(19)23(29)16-5-2-3-6-16/h9,12,16,19H,2-8,10-11,13-14H2,1H3,(H,24,25,28)/t19-/m1/s1. The average Bonchev–Trinajstić information content (AvgIpc) is 3.50. The first kappa shape index (κ1) is 19.9. The Morgan fingerprint density at radius 1 is 1.23 bits per heavy atom. The Balaban J connectivity index is 1.35. The largest absolute Gasteiger partial charge is 0.332 e. The molecule has 6 nitrogen and oxygen atoms in total.